The fourth-order valence-corrected chi connectivity index (χ4v) is 2.13. The highest BCUT2D eigenvalue weighted by molar-refractivity contribution is 7.13. The second-order valence-corrected chi connectivity index (χ2v) is 5.50. The highest BCUT2D eigenvalue weighted by Crippen LogP contribution is 2.27. The van der Waals surface area contributed by atoms with E-state index in [1.165, 1.54) is 22.9 Å². The molecule has 74 valence electrons. The van der Waals surface area contributed by atoms with E-state index in [2.05, 4.69) is 40.3 Å². The predicted molar refractivity (Wildman–Crippen MR) is 57.5 cm³/mol. The van der Waals surface area contributed by atoms with Crippen LogP contribution in [0.2, 0.25) is 0 Å². The number of hydrogen-bond donors (Lipinski definition) is 0. The van der Waals surface area contributed by atoms with Gasteiger partial charge in [0, 0.05) is 5.41 Å². The molecule has 0 saturated heterocycles. The van der Waals surface area contributed by atoms with Gasteiger partial charge in [-0.15, -0.1) is 10.2 Å². The molecule has 0 aliphatic heterocycles. The minimum atomic E-state index is 0.0562. The zero-order chi connectivity index (χ0) is 10.2. The molecule has 2 rings (SSSR count). The molecule has 0 N–H and O–H groups in total. The van der Waals surface area contributed by atoms with E-state index in [0.717, 1.165) is 10.0 Å². The van der Waals surface area contributed by atoms with Crippen molar-refractivity contribution in [3.63, 3.8) is 0 Å². The molecule has 0 aromatic carbocycles. The lowest BCUT2D eigenvalue weighted by molar-refractivity contribution is 0.586. The van der Waals surface area contributed by atoms with Crippen molar-refractivity contribution >= 4 is 22.9 Å². The van der Waals surface area contributed by atoms with Crippen molar-refractivity contribution in [2.24, 2.45) is 0 Å². The van der Waals surface area contributed by atoms with Gasteiger partial charge in [0.1, 0.15) is 10.5 Å². The van der Waals surface area contributed by atoms with Crippen LogP contribution in [0.15, 0.2) is 5.51 Å². The zero-order valence-corrected chi connectivity index (χ0v) is 9.82. The van der Waals surface area contributed by atoms with Gasteiger partial charge in [0.15, 0.2) is 5.01 Å². The van der Waals surface area contributed by atoms with Crippen LogP contribution < -0.4 is 0 Å². The first-order chi connectivity index (χ1) is 6.57. The smallest absolute Gasteiger partial charge is 0.204 e. The van der Waals surface area contributed by atoms with Gasteiger partial charge in [-0.3, -0.25) is 0 Å². The van der Waals surface area contributed by atoms with Gasteiger partial charge in [-0.2, -0.15) is 4.37 Å². The van der Waals surface area contributed by atoms with Crippen LogP contribution in [-0.4, -0.2) is 19.6 Å². The summed E-state index contributed by atoms with van der Waals surface area (Å²) in [6, 6.07) is 0. The van der Waals surface area contributed by atoms with Gasteiger partial charge >= 0.3 is 0 Å². The number of nitrogens with zero attached hydrogens (tertiary/aromatic N) is 4. The van der Waals surface area contributed by atoms with E-state index in [0.29, 0.717) is 5.82 Å². The molecule has 0 fully saturated rings. The van der Waals surface area contributed by atoms with Crippen molar-refractivity contribution in [3.05, 3.63) is 10.5 Å². The topological polar surface area (TPSA) is 51.6 Å². The molecule has 2 heterocycles. The Hall–Kier alpha value is -0.880. The molecule has 0 amide bonds. The fraction of sp³-hybridized carbons (Fsp3) is 0.500. The molecule has 14 heavy (non-hydrogen) atoms. The van der Waals surface area contributed by atoms with Gasteiger partial charge in [0.2, 0.25) is 5.82 Å². The third-order valence-corrected chi connectivity index (χ3v) is 3.45. The third kappa shape index (κ3) is 1.80. The third-order valence-electron chi connectivity index (χ3n) is 1.62. The van der Waals surface area contributed by atoms with Gasteiger partial charge in [0.25, 0.3) is 0 Å². The minimum absolute atomic E-state index is 0.0562. The summed E-state index contributed by atoms with van der Waals surface area (Å²) < 4.78 is 4.26. The Kier molecular flexibility index (Phi) is 2.32. The summed E-state index contributed by atoms with van der Waals surface area (Å²) in [4.78, 5) is 4.44. The summed E-state index contributed by atoms with van der Waals surface area (Å²) in [6.45, 7) is 6.37. The van der Waals surface area contributed by atoms with Crippen molar-refractivity contribution in [3.8, 4) is 10.8 Å². The Labute approximate surface area is 90.2 Å². The van der Waals surface area contributed by atoms with Crippen LogP contribution in [0.5, 0.6) is 0 Å². The molecule has 0 bridgehead atoms. The quantitative estimate of drug-likeness (QED) is 0.749. The standard InChI is InChI=1S/C8H10N4S2/c1-8(2,3)7-10-5(12-14-7)6-11-9-4-13-6/h4H,1-3H3. The molecule has 2 aromatic heterocycles. The SMILES string of the molecule is CC(C)(C)c1nc(-c2nncs2)ns1. The molecule has 0 atom stereocenters. The molecule has 0 unspecified atom stereocenters. The fourth-order valence-electron chi connectivity index (χ4n) is 0.885. The van der Waals surface area contributed by atoms with Crippen molar-refractivity contribution in [2.75, 3.05) is 0 Å². The summed E-state index contributed by atoms with van der Waals surface area (Å²) in [5, 5.41) is 9.51. The summed E-state index contributed by atoms with van der Waals surface area (Å²) in [5.74, 6) is 0.697. The molecule has 0 radical (unpaired) electrons. The maximum atomic E-state index is 4.44. The molecule has 0 spiro atoms. The first-order valence-corrected chi connectivity index (χ1v) is 5.83. The summed E-state index contributed by atoms with van der Waals surface area (Å²) in [6.07, 6.45) is 0. The van der Waals surface area contributed by atoms with Gasteiger partial charge in [-0.25, -0.2) is 4.98 Å². The number of rotatable bonds is 1. The lowest BCUT2D eigenvalue weighted by Crippen LogP contribution is -2.10. The summed E-state index contributed by atoms with van der Waals surface area (Å²) in [7, 11) is 0. The predicted octanol–water partition coefficient (Wildman–Crippen LogP) is 2.35. The average molecular weight is 226 g/mol. The van der Waals surface area contributed by atoms with Crippen LogP contribution in [0.1, 0.15) is 25.8 Å². The van der Waals surface area contributed by atoms with Gasteiger partial charge in [-0.05, 0) is 11.5 Å². The summed E-state index contributed by atoms with van der Waals surface area (Å²) in [5.41, 5.74) is 1.74. The van der Waals surface area contributed by atoms with E-state index < -0.39 is 0 Å². The summed E-state index contributed by atoms with van der Waals surface area (Å²) >= 11 is 2.89. The first kappa shape index (κ1) is 9.67. The van der Waals surface area contributed by atoms with E-state index in [-0.39, 0.29) is 5.41 Å². The molecule has 6 heteroatoms. The minimum Gasteiger partial charge on any atom is -0.217 e. The highest BCUT2D eigenvalue weighted by Gasteiger charge is 2.20. The number of aromatic nitrogens is 4. The van der Waals surface area contributed by atoms with Crippen molar-refractivity contribution in [2.45, 2.75) is 26.2 Å². The van der Waals surface area contributed by atoms with E-state index in [1.807, 2.05) is 0 Å². The Morgan fingerprint density at radius 2 is 2.07 bits per heavy atom. The molecular weight excluding hydrogens is 216 g/mol. The Morgan fingerprint density at radius 1 is 1.29 bits per heavy atom. The van der Waals surface area contributed by atoms with Crippen molar-refractivity contribution < 1.29 is 0 Å². The highest BCUT2D eigenvalue weighted by atomic mass is 32.1. The van der Waals surface area contributed by atoms with Crippen molar-refractivity contribution in [1.82, 2.24) is 19.6 Å². The monoisotopic (exact) mass is 226 g/mol. The largest absolute Gasteiger partial charge is 0.217 e. The van der Waals surface area contributed by atoms with Crippen LogP contribution >= 0.6 is 22.9 Å². The molecule has 4 nitrogen and oxygen atoms in total. The molecule has 0 saturated carbocycles. The second kappa shape index (κ2) is 3.36. The first-order valence-electron chi connectivity index (χ1n) is 4.18. The van der Waals surface area contributed by atoms with E-state index in [4.69, 9.17) is 0 Å². The van der Waals surface area contributed by atoms with Crippen LogP contribution in [0, 0.1) is 0 Å². The maximum absolute atomic E-state index is 4.44. The molecular formula is C8H10N4S2. The lowest BCUT2D eigenvalue weighted by atomic mass is 9.98. The van der Waals surface area contributed by atoms with E-state index >= 15 is 0 Å². The van der Waals surface area contributed by atoms with Gasteiger partial charge in [-0.1, -0.05) is 32.1 Å². The Morgan fingerprint density at radius 3 is 2.57 bits per heavy atom. The normalized spacial score (nSPS) is 11.9. The Bertz CT molecular complexity index is 413. The van der Waals surface area contributed by atoms with E-state index in [9.17, 15) is 0 Å². The second-order valence-electron chi connectivity index (χ2n) is 3.92. The van der Waals surface area contributed by atoms with Gasteiger partial charge < -0.3 is 0 Å². The average Bonchev–Trinajstić information content (AvgIpc) is 2.73. The zero-order valence-electron chi connectivity index (χ0n) is 8.18. The molecule has 0 aliphatic carbocycles. The van der Waals surface area contributed by atoms with E-state index in [1.54, 1.807) is 5.51 Å². The van der Waals surface area contributed by atoms with Crippen LogP contribution in [0.4, 0.5) is 0 Å². The molecule has 2 aromatic rings. The van der Waals surface area contributed by atoms with Crippen molar-refractivity contribution in [1.29, 1.82) is 0 Å². The lowest BCUT2D eigenvalue weighted by Gasteiger charge is -2.12. The Balaban J connectivity index is 2.36. The molecule has 0 aliphatic rings. The van der Waals surface area contributed by atoms with Gasteiger partial charge in [0.05, 0.1) is 0 Å². The maximum Gasteiger partial charge on any atom is 0.204 e. The van der Waals surface area contributed by atoms with Crippen LogP contribution in [-0.2, 0) is 5.41 Å². The van der Waals surface area contributed by atoms with Crippen LogP contribution in [0.25, 0.3) is 10.8 Å². The number of hydrogen-bond acceptors (Lipinski definition) is 6. The van der Waals surface area contributed by atoms with Crippen LogP contribution in [0.3, 0.4) is 0 Å².